The van der Waals surface area contributed by atoms with Crippen molar-refractivity contribution in [2.45, 2.75) is 51.9 Å². The number of anilines is 1. The van der Waals surface area contributed by atoms with E-state index >= 15 is 0 Å². The number of amides is 1. The molecule has 0 spiro atoms. The third-order valence-electron chi connectivity index (χ3n) is 6.16. The van der Waals surface area contributed by atoms with Gasteiger partial charge in [-0.05, 0) is 58.7 Å². The second-order valence-electron chi connectivity index (χ2n) is 8.33. The van der Waals surface area contributed by atoms with Crippen LogP contribution >= 0.6 is 0 Å². The van der Waals surface area contributed by atoms with E-state index in [-0.39, 0.29) is 11.8 Å². The molecule has 2 saturated heterocycles. The maximum atomic E-state index is 12.7. The van der Waals surface area contributed by atoms with Gasteiger partial charge in [0.15, 0.2) is 0 Å². The second-order valence-corrected chi connectivity index (χ2v) is 8.33. The molecule has 0 unspecified atom stereocenters. The Bertz CT molecular complexity index is 815. The van der Waals surface area contributed by atoms with E-state index in [1.54, 1.807) is 0 Å². The van der Waals surface area contributed by atoms with Gasteiger partial charge in [0.05, 0.1) is 11.6 Å². The number of hydrogen-bond donors (Lipinski definition) is 1. The summed E-state index contributed by atoms with van der Waals surface area (Å²) in [5, 5.41) is 8.03. The Balaban J connectivity index is 1.29. The van der Waals surface area contributed by atoms with E-state index in [4.69, 9.17) is 4.52 Å². The Morgan fingerprint density at radius 3 is 2.83 bits per heavy atom. The molecule has 8 heteroatoms. The van der Waals surface area contributed by atoms with Crippen molar-refractivity contribution in [1.82, 2.24) is 25.3 Å². The van der Waals surface area contributed by atoms with E-state index in [9.17, 15) is 4.79 Å². The Hall–Kier alpha value is -2.22. The molecule has 4 heterocycles. The second kappa shape index (κ2) is 9.52. The van der Waals surface area contributed by atoms with E-state index in [1.165, 1.54) is 45.1 Å². The number of aromatic nitrogens is 3. The van der Waals surface area contributed by atoms with Crippen LogP contribution in [0.4, 0.5) is 5.82 Å². The highest BCUT2D eigenvalue weighted by Crippen LogP contribution is 2.29. The van der Waals surface area contributed by atoms with Crippen molar-refractivity contribution in [1.29, 1.82) is 0 Å². The summed E-state index contributed by atoms with van der Waals surface area (Å²) in [6.07, 6.45) is 9.77. The number of nitrogens with one attached hydrogen (secondary N) is 1. The Kier molecular flexibility index (Phi) is 6.59. The largest absolute Gasteiger partial charge is 0.356 e. The molecule has 4 rings (SSSR count). The maximum absolute atomic E-state index is 12.7. The predicted octanol–water partition coefficient (Wildman–Crippen LogP) is 2.52. The van der Waals surface area contributed by atoms with Crippen molar-refractivity contribution in [3.63, 3.8) is 0 Å². The van der Waals surface area contributed by atoms with Crippen LogP contribution in [0.1, 0.15) is 50.6 Å². The maximum Gasteiger partial charge on any atom is 0.263 e. The fourth-order valence-corrected chi connectivity index (χ4v) is 4.55. The summed E-state index contributed by atoms with van der Waals surface area (Å²) >= 11 is 0. The number of carbonyl (C=O) groups excluding carboxylic acids is 1. The van der Waals surface area contributed by atoms with Crippen LogP contribution in [0.3, 0.4) is 0 Å². The zero-order valence-corrected chi connectivity index (χ0v) is 17.4. The number of carbonyl (C=O) groups is 1. The Morgan fingerprint density at radius 1 is 1.17 bits per heavy atom. The van der Waals surface area contributed by atoms with Gasteiger partial charge in [0, 0.05) is 19.6 Å². The van der Waals surface area contributed by atoms with Gasteiger partial charge in [-0.1, -0.05) is 18.0 Å². The quantitative estimate of drug-likeness (QED) is 0.746. The van der Waals surface area contributed by atoms with Gasteiger partial charge in [-0.2, -0.15) is 4.98 Å². The van der Waals surface area contributed by atoms with Crippen molar-refractivity contribution in [2.75, 3.05) is 44.2 Å². The van der Waals surface area contributed by atoms with Crippen molar-refractivity contribution >= 4 is 22.8 Å². The fourth-order valence-electron chi connectivity index (χ4n) is 4.55. The van der Waals surface area contributed by atoms with Crippen molar-refractivity contribution in [2.24, 2.45) is 5.92 Å². The fraction of sp³-hybridized carbons (Fsp3) is 0.714. The SMILES string of the molecule is Cc1noc2ncnc(N3CCC[C@H](C(=O)NCCCN4CCCCCC4)C3)c12. The van der Waals surface area contributed by atoms with E-state index in [0.29, 0.717) is 12.3 Å². The van der Waals surface area contributed by atoms with Crippen LogP contribution in [0.5, 0.6) is 0 Å². The molecular formula is C21H32N6O2. The molecule has 8 nitrogen and oxygen atoms in total. The summed E-state index contributed by atoms with van der Waals surface area (Å²) < 4.78 is 5.27. The molecule has 2 aromatic rings. The van der Waals surface area contributed by atoms with E-state index in [1.807, 2.05) is 6.92 Å². The number of likely N-dealkylation sites (tertiary alicyclic amines) is 1. The summed E-state index contributed by atoms with van der Waals surface area (Å²) in [6.45, 7) is 7.72. The summed E-state index contributed by atoms with van der Waals surface area (Å²) in [7, 11) is 0. The molecule has 2 fully saturated rings. The third-order valence-corrected chi connectivity index (χ3v) is 6.16. The van der Waals surface area contributed by atoms with Gasteiger partial charge in [0.25, 0.3) is 5.71 Å². The normalized spacial score (nSPS) is 21.3. The van der Waals surface area contributed by atoms with Crippen LogP contribution in [-0.2, 0) is 4.79 Å². The minimum Gasteiger partial charge on any atom is -0.356 e. The lowest BCUT2D eigenvalue weighted by atomic mass is 9.97. The van der Waals surface area contributed by atoms with Crippen LogP contribution in [0.25, 0.3) is 11.1 Å². The van der Waals surface area contributed by atoms with Crippen LogP contribution in [0.2, 0.25) is 0 Å². The molecule has 2 aromatic heterocycles. The molecule has 0 radical (unpaired) electrons. The first-order chi connectivity index (χ1) is 14.2. The van der Waals surface area contributed by atoms with Gasteiger partial charge in [0.1, 0.15) is 17.5 Å². The molecule has 0 saturated carbocycles. The lowest BCUT2D eigenvalue weighted by Gasteiger charge is -2.33. The predicted molar refractivity (Wildman–Crippen MR) is 112 cm³/mol. The smallest absolute Gasteiger partial charge is 0.263 e. The molecule has 0 aliphatic carbocycles. The van der Waals surface area contributed by atoms with Crippen molar-refractivity contribution in [3.05, 3.63) is 12.0 Å². The number of piperidine rings is 1. The van der Waals surface area contributed by atoms with E-state index in [0.717, 1.165) is 55.8 Å². The molecule has 2 aliphatic rings. The standard InChI is InChI=1S/C21H32N6O2/c1-16-18-19(23-15-24-21(18)29-25-16)27-13-6-8-17(14-27)20(28)22-9-7-12-26-10-4-2-3-5-11-26/h15,17H,2-14H2,1H3,(H,22,28)/t17-/m0/s1. The minimum atomic E-state index is -0.00730. The first kappa shape index (κ1) is 20.1. The van der Waals surface area contributed by atoms with Gasteiger partial charge in [-0.15, -0.1) is 0 Å². The molecule has 2 aliphatic heterocycles. The number of fused-ring (bicyclic) bond motifs is 1. The van der Waals surface area contributed by atoms with Gasteiger partial charge in [-0.3, -0.25) is 4.79 Å². The highest BCUT2D eigenvalue weighted by Gasteiger charge is 2.28. The van der Waals surface area contributed by atoms with E-state index < -0.39 is 0 Å². The third kappa shape index (κ3) is 4.86. The monoisotopic (exact) mass is 400 g/mol. The zero-order valence-electron chi connectivity index (χ0n) is 17.4. The minimum absolute atomic E-state index is 0.00730. The van der Waals surface area contributed by atoms with Crippen LogP contribution < -0.4 is 10.2 Å². The van der Waals surface area contributed by atoms with E-state index in [2.05, 4.69) is 30.2 Å². The first-order valence-corrected chi connectivity index (χ1v) is 11.0. The van der Waals surface area contributed by atoms with Gasteiger partial charge in [-0.25, -0.2) is 4.98 Å². The summed E-state index contributed by atoms with van der Waals surface area (Å²) in [5.41, 5.74) is 1.29. The zero-order chi connectivity index (χ0) is 20.1. The molecule has 1 N–H and O–H groups in total. The molecule has 158 valence electrons. The average Bonchev–Trinajstić information content (AvgIpc) is 2.96. The Labute approximate surface area is 172 Å². The molecule has 1 atom stereocenters. The average molecular weight is 401 g/mol. The summed E-state index contributed by atoms with van der Waals surface area (Å²) in [4.78, 5) is 26.1. The molecule has 1 amide bonds. The molecule has 29 heavy (non-hydrogen) atoms. The highest BCUT2D eigenvalue weighted by molar-refractivity contribution is 5.88. The van der Waals surface area contributed by atoms with Crippen LogP contribution in [0.15, 0.2) is 10.9 Å². The highest BCUT2D eigenvalue weighted by atomic mass is 16.5. The van der Waals surface area contributed by atoms with Crippen LogP contribution in [0, 0.1) is 12.8 Å². The summed E-state index contributed by atoms with van der Waals surface area (Å²) in [5.74, 6) is 0.984. The van der Waals surface area contributed by atoms with Crippen LogP contribution in [-0.4, -0.2) is 65.2 Å². The topological polar surface area (TPSA) is 87.4 Å². The van der Waals surface area contributed by atoms with Gasteiger partial charge < -0.3 is 19.6 Å². The lowest BCUT2D eigenvalue weighted by Crippen LogP contribution is -2.44. The lowest BCUT2D eigenvalue weighted by molar-refractivity contribution is -0.125. The number of nitrogens with zero attached hydrogens (tertiary/aromatic N) is 5. The van der Waals surface area contributed by atoms with Crippen molar-refractivity contribution < 1.29 is 9.32 Å². The number of rotatable bonds is 6. The first-order valence-electron chi connectivity index (χ1n) is 11.0. The number of hydrogen-bond acceptors (Lipinski definition) is 7. The van der Waals surface area contributed by atoms with Crippen molar-refractivity contribution in [3.8, 4) is 0 Å². The Morgan fingerprint density at radius 2 is 2.00 bits per heavy atom. The molecule has 0 aromatic carbocycles. The molecular weight excluding hydrogens is 368 g/mol. The van der Waals surface area contributed by atoms with Gasteiger partial charge in [0.2, 0.25) is 5.91 Å². The molecule has 0 bridgehead atoms. The number of aryl methyl sites for hydroxylation is 1. The van der Waals surface area contributed by atoms with Gasteiger partial charge >= 0.3 is 0 Å². The summed E-state index contributed by atoms with van der Waals surface area (Å²) in [6, 6.07) is 0.